The van der Waals surface area contributed by atoms with Crippen LogP contribution in [0.25, 0.3) is 0 Å². The van der Waals surface area contributed by atoms with E-state index in [1.807, 2.05) is 6.07 Å². The Bertz CT molecular complexity index is 600. The Labute approximate surface area is 140 Å². The molecule has 2 aliphatic rings. The third kappa shape index (κ3) is 3.13. The Morgan fingerprint density at radius 3 is 2.83 bits per heavy atom. The minimum absolute atomic E-state index is 0.174. The molecule has 1 fully saturated rings. The number of fused-ring (bicyclic) bond motifs is 3. The van der Waals surface area contributed by atoms with Crippen LogP contribution in [-0.2, 0) is 6.42 Å². The van der Waals surface area contributed by atoms with Crippen molar-refractivity contribution in [1.29, 1.82) is 0 Å². The standard InChI is InChI=1S/C21H30O2/c1-5-6-7-8-15-12-18(22)20-16-11-14(2)9-10-17(16)21(3,4)23-19(20)13-15/h12-13,16-17,22H,2,5-11H2,1,3-4H3/t16-,17-/m0/s1. The average molecular weight is 314 g/mol. The van der Waals surface area contributed by atoms with Crippen molar-refractivity contribution in [3.05, 3.63) is 35.4 Å². The number of ether oxygens (including phenoxy) is 1. The van der Waals surface area contributed by atoms with Crippen LogP contribution in [0.3, 0.4) is 0 Å². The van der Waals surface area contributed by atoms with Gasteiger partial charge in [-0.15, -0.1) is 0 Å². The van der Waals surface area contributed by atoms with Crippen molar-refractivity contribution in [1.82, 2.24) is 0 Å². The molecule has 1 saturated carbocycles. The first-order valence-electron chi connectivity index (χ1n) is 9.14. The van der Waals surface area contributed by atoms with Crippen LogP contribution in [0.2, 0.25) is 0 Å². The summed E-state index contributed by atoms with van der Waals surface area (Å²) in [6, 6.07) is 4.13. The Kier molecular flexibility index (Phi) is 4.44. The number of unbranched alkanes of at least 4 members (excludes halogenated alkanes) is 2. The molecule has 0 amide bonds. The third-order valence-corrected chi connectivity index (χ3v) is 5.69. The highest BCUT2D eigenvalue weighted by Gasteiger charge is 2.46. The molecular formula is C21H30O2. The molecule has 0 bridgehead atoms. The number of allylic oxidation sites excluding steroid dienone is 1. The SMILES string of the molecule is C=C1CC[C@H]2[C@H](C1)c1c(O)cc(CCCCC)cc1OC2(C)C. The summed E-state index contributed by atoms with van der Waals surface area (Å²) >= 11 is 0. The number of rotatable bonds is 4. The zero-order valence-electron chi connectivity index (χ0n) is 14.8. The molecule has 1 aliphatic heterocycles. The van der Waals surface area contributed by atoms with Gasteiger partial charge in [-0.05, 0) is 63.6 Å². The van der Waals surface area contributed by atoms with Crippen molar-refractivity contribution >= 4 is 0 Å². The largest absolute Gasteiger partial charge is 0.508 e. The maximum Gasteiger partial charge on any atom is 0.127 e. The molecular weight excluding hydrogens is 284 g/mol. The second-order valence-electron chi connectivity index (χ2n) is 7.90. The lowest BCUT2D eigenvalue weighted by atomic mass is 9.65. The third-order valence-electron chi connectivity index (χ3n) is 5.69. The van der Waals surface area contributed by atoms with Gasteiger partial charge in [0, 0.05) is 17.4 Å². The predicted molar refractivity (Wildman–Crippen MR) is 95.3 cm³/mol. The molecule has 2 atom stereocenters. The van der Waals surface area contributed by atoms with E-state index in [9.17, 15) is 5.11 Å². The first kappa shape index (κ1) is 16.4. The molecule has 1 aromatic rings. The van der Waals surface area contributed by atoms with Gasteiger partial charge < -0.3 is 9.84 Å². The van der Waals surface area contributed by atoms with Crippen LogP contribution in [0, 0.1) is 5.92 Å². The van der Waals surface area contributed by atoms with Crippen molar-refractivity contribution in [2.75, 3.05) is 0 Å². The fourth-order valence-corrected chi connectivity index (χ4v) is 4.46. The van der Waals surface area contributed by atoms with E-state index in [-0.39, 0.29) is 5.60 Å². The highest BCUT2D eigenvalue weighted by atomic mass is 16.5. The van der Waals surface area contributed by atoms with E-state index in [0.29, 0.717) is 17.6 Å². The van der Waals surface area contributed by atoms with Crippen molar-refractivity contribution in [2.45, 2.75) is 77.2 Å². The fourth-order valence-electron chi connectivity index (χ4n) is 4.46. The van der Waals surface area contributed by atoms with E-state index in [1.54, 1.807) is 0 Å². The Hall–Kier alpha value is -1.44. The quantitative estimate of drug-likeness (QED) is 0.567. The molecule has 1 aromatic carbocycles. The molecule has 1 aliphatic carbocycles. The lowest BCUT2D eigenvalue weighted by Crippen LogP contribution is -2.46. The summed E-state index contributed by atoms with van der Waals surface area (Å²) in [7, 11) is 0. The minimum Gasteiger partial charge on any atom is -0.508 e. The van der Waals surface area contributed by atoms with Gasteiger partial charge in [0.05, 0.1) is 0 Å². The van der Waals surface area contributed by atoms with Gasteiger partial charge in [0.15, 0.2) is 0 Å². The summed E-state index contributed by atoms with van der Waals surface area (Å²) in [6.45, 7) is 10.8. The monoisotopic (exact) mass is 314 g/mol. The molecule has 1 heterocycles. The summed E-state index contributed by atoms with van der Waals surface area (Å²) in [5.41, 5.74) is 3.35. The van der Waals surface area contributed by atoms with Crippen molar-refractivity contribution in [3.8, 4) is 11.5 Å². The van der Waals surface area contributed by atoms with Gasteiger partial charge in [0.1, 0.15) is 17.1 Å². The summed E-state index contributed by atoms with van der Waals surface area (Å²) in [6.07, 6.45) is 7.79. The van der Waals surface area contributed by atoms with Gasteiger partial charge in [-0.1, -0.05) is 31.9 Å². The second-order valence-corrected chi connectivity index (χ2v) is 7.90. The van der Waals surface area contributed by atoms with Crippen LogP contribution in [0.15, 0.2) is 24.3 Å². The van der Waals surface area contributed by atoms with Gasteiger partial charge in [0.2, 0.25) is 0 Å². The van der Waals surface area contributed by atoms with Gasteiger partial charge in [-0.25, -0.2) is 0 Å². The number of aryl methyl sites for hydroxylation is 1. The second kappa shape index (κ2) is 6.22. The Morgan fingerprint density at radius 1 is 1.30 bits per heavy atom. The number of phenols is 1. The Morgan fingerprint density at radius 2 is 2.09 bits per heavy atom. The molecule has 0 saturated heterocycles. The van der Waals surface area contributed by atoms with E-state index in [2.05, 4.69) is 33.4 Å². The lowest BCUT2D eigenvalue weighted by Gasteiger charge is -2.48. The van der Waals surface area contributed by atoms with Crippen LogP contribution in [-0.4, -0.2) is 10.7 Å². The molecule has 0 radical (unpaired) electrons. The van der Waals surface area contributed by atoms with Crippen molar-refractivity contribution < 1.29 is 9.84 Å². The normalized spacial score (nSPS) is 25.4. The maximum absolute atomic E-state index is 10.7. The molecule has 2 heteroatoms. The first-order chi connectivity index (χ1) is 10.9. The van der Waals surface area contributed by atoms with Gasteiger partial charge in [0.25, 0.3) is 0 Å². The predicted octanol–water partition coefficient (Wildman–Crippen LogP) is 5.74. The smallest absolute Gasteiger partial charge is 0.127 e. The van der Waals surface area contributed by atoms with Gasteiger partial charge in [-0.2, -0.15) is 0 Å². The van der Waals surface area contributed by atoms with Crippen molar-refractivity contribution in [3.63, 3.8) is 0 Å². The maximum atomic E-state index is 10.7. The van der Waals surface area contributed by atoms with Gasteiger partial charge >= 0.3 is 0 Å². The summed E-state index contributed by atoms with van der Waals surface area (Å²) in [4.78, 5) is 0. The minimum atomic E-state index is -0.174. The lowest BCUT2D eigenvalue weighted by molar-refractivity contribution is -0.000851. The van der Waals surface area contributed by atoms with Crippen LogP contribution < -0.4 is 4.74 Å². The number of phenolic OH excluding ortho intramolecular Hbond substituents is 1. The topological polar surface area (TPSA) is 29.5 Å². The van der Waals surface area contributed by atoms with Crippen molar-refractivity contribution in [2.24, 2.45) is 5.92 Å². The molecule has 0 aromatic heterocycles. The van der Waals surface area contributed by atoms with Crippen LogP contribution in [0.4, 0.5) is 0 Å². The van der Waals surface area contributed by atoms with E-state index in [4.69, 9.17) is 4.74 Å². The summed E-state index contributed by atoms with van der Waals surface area (Å²) in [5.74, 6) is 2.13. The van der Waals surface area contributed by atoms with Gasteiger partial charge in [-0.3, -0.25) is 0 Å². The number of aromatic hydroxyl groups is 1. The highest BCUT2D eigenvalue weighted by molar-refractivity contribution is 5.52. The van der Waals surface area contributed by atoms with E-state index >= 15 is 0 Å². The number of hydrogen-bond acceptors (Lipinski definition) is 2. The molecule has 3 rings (SSSR count). The van der Waals surface area contributed by atoms with E-state index in [1.165, 1.54) is 30.4 Å². The molecule has 2 nitrogen and oxygen atoms in total. The fraction of sp³-hybridized carbons (Fsp3) is 0.619. The van der Waals surface area contributed by atoms with E-state index < -0.39 is 0 Å². The van der Waals surface area contributed by atoms with Crippen LogP contribution >= 0.6 is 0 Å². The van der Waals surface area contributed by atoms with Crippen LogP contribution in [0.1, 0.15) is 76.3 Å². The number of hydrogen-bond donors (Lipinski definition) is 1. The molecule has 0 spiro atoms. The number of benzene rings is 1. The summed E-state index contributed by atoms with van der Waals surface area (Å²) in [5, 5.41) is 10.7. The van der Waals surface area contributed by atoms with Crippen LogP contribution in [0.5, 0.6) is 11.5 Å². The van der Waals surface area contributed by atoms with E-state index in [0.717, 1.165) is 37.0 Å². The highest BCUT2D eigenvalue weighted by Crippen LogP contribution is 2.55. The molecule has 0 unspecified atom stereocenters. The average Bonchev–Trinajstić information content (AvgIpc) is 2.46. The molecule has 23 heavy (non-hydrogen) atoms. The Balaban J connectivity index is 1.96. The zero-order chi connectivity index (χ0) is 16.6. The summed E-state index contributed by atoms with van der Waals surface area (Å²) < 4.78 is 6.36. The zero-order valence-corrected chi connectivity index (χ0v) is 14.8. The molecule has 126 valence electrons. The molecule has 1 N–H and O–H groups in total. The first-order valence-corrected chi connectivity index (χ1v) is 9.14.